The topological polar surface area (TPSA) is 84.7 Å². The number of anilines is 1. The fraction of sp³-hybridized carbons (Fsp3) is 0.440. The molecule has 0 fully saturated rings. The number of benzene rings is 1. The first-order valence-corrected chi connectivity index (χ1v) is 12.4. The van der Waals surface area contributed by atoms with Gasteiger partial charge < -0.3 is 9.64 Å². The molecule has 0 unspecified atom stereocenters. The molecule has 1 aliphatic heterocycles. The largest absolute Gasteiger partial charge is 0.482 e. The Hall–Kier alpha value is -3.04. The van der Waals surface area contributed by atoms with E-state index in [2.05, 4.69) is 18.7 Å². The van der Waals surface area contributed by atoms with Crippen LogP contribution in [0.15, 0.2) is 23.0 Å². The molecule has 3 heterocycles. The monoisotopic (exact) mass is 482 g/mol. The average molecular weight is 483 g/mol. The van der Waals surface area contributed by atoms with E-state index in [0.717, 1.165) is 23.5 Å². The third kappa shape index (κ3) is 4.25. The molecule has 0 bridgehead atoms. The number of rotatable bonds is 8. The van der Waals surface area contributed by atoms with Crippen molar-refractivity contribution >= 4 is 38.9 Å². The third-order valence-corrected chi connectivity index (χ3v) is 7.57. The van der Waals surface area contributed by atoms with Crippen LogP contribution in [-0.4, -0.2) is 52.4 Å². The molecular formula is C25H30N4O4S. The van der Waals surface area contributed by atoms with E-state index in [-0.39, 0.29) is 30.4 Å². The quantitative estimate of drug-likeness (QED) is 0.457. The number of aromatic nitrogens is 2. The number of fused-ring (bicyclic) bond motifs is 2. The van der Waals surface area contributed by atoms with Gasteiger partial charge in [-0.15, -0.1) is 11.3 Å². The Morgan fingerprint density at radius 2 is 1.91 bits per heavy atom. The summed E-state index contributed by atoms with van der Waals surface area (Å²) in [5.74, 6) is 0.799. The maximum atomic E-state index is 13.6. The van der Waals surface area contributed by atoms with Gasteiger partial charge in [-0.2, -0.15) is 0 Å². The molecule has 1 aromatic carbocycles. The molecule has 8 nitrogen and oxygen atoms in total. The van der Waals surface area contributed by atoms with Crippen LogP contribution in [0.3, 0.4) is 0 Å². The van der Waals surface area contributed by atoms with Crippen LogP contribution in [-0.2, 0) is 17.9 Å². The summed E-state index contributed by atoms with van der Waals surface area (Å²) < 4.78 is 7.03. The molecule has 180 valence electrons. The molecular weight excluding hydrogens is 452 g/mol. The highest BCUT2D eigenvalue weighted by atomic mass is 32.1. The molecule has 0 spiro atoms. The van der Waals surface area contributed by atoms with Crippen molar-refractivity contribution in [3.05, 3.63) is 50.4 Å². The van der Waals surface area contributed by atoms with Crippen molar-refractivity contribution < 1.29 is 14.3 Å². The summed E-state index contributed by atoms with van der Waals surface area (Å²) >= 11 is 1.51. The maximum absolute atomic E-state index is 13.6. The van der Waals surface area contributed by atoms with Gasteiger partial charge in [-0.25, -0.2) is 4.98 Å². The Morgan fingerprint density at radius 3 is 2.59 bits per heavy atom. The molecule has 9 heteroatoms. The predicted octanol–water partition coefficient (Wildman–Crippen LogP) is 3.54. The van der Waals surface area contributed by atoms with Gasteiger partial charge in [-0.1, -0.05) is 13.8 Å². The van der Waals surface area contributed by atoms with Gasteiger partial charge in [0.05, 0.1) is 24.2 Å². The zero-order chi connectivity index (χ0) is 24.6. The van der Waals surface area contributed by atoms with Gasteiger partial charge in [0.2, 0.25) is 0 Å². The summed E-state index contributed by atoms with van der Waals surface area (Å²) in [5.41, 5.74) is 1.73. The van der Waals surface area contributed by atoms with Crippen LogP contribution in [0.4, 0.5) is 5.69 Å². The lowest BCUT2D eigenvalue weighted by molar-refractivity contribution is -0.121. The molecule has 4 rings (SSSR count). The standard InChI is InChI=1S/C25H30N4O4S/c1-6-27(7-2)13-21-26-24-23(15(4)16(5)34-24)25(32)29(21)12-19(30)17-9-10-20-18(11-17)28(8-3)22(31)14-33-20/h9-11H,6-8,12-14H2,1-5H3. The summed E-state index contributed by atoms with van der Waals surface area (Å²) in [6.45, 7) is 12.4. The van der Waals surface area contributed by atoms with Crippen molar-refractivity contribution in [2.24, 2.45) is 0 Å². The first kappa shape index (κ1) is 24.1. The number of aryl methyl sites for hydroxylation is 2. The minimum Gasteiger partial charge on any atom is -0.482 e. The number of amides is 1. The van der Waals surface area contributed by atoms with E-state index in [9.17, 15) is 14.4 Å². The van der Waals surface area contributed by atoms with Gasteiger partial charge in [0.1, 0.15) is 16.4 Å². The van der Waals surface area contributed by atoms with E-state index in [1.807, 2.05) is 20.8 Å². The van der Waals surface area contributed by atoms with Crippen LogP contribution < -0.4 is 15.2 Å². The highest BCUT2D eigenvalue weighted by Gasteiger charge is 2.26. The number of hydrogen-bond donors (Lipinski definition) is 0. The number of ketones is 1. The number of thiophene rings is 1. The van der Waals surface area contributed by atoms with E-state index >= 15 is 0 Å². The van der Waals surface area contributed by atoms with E-state index in [1.54, 1.807) is 23.1 Å². The zero-order valence-corrected chi connectivity index (χ0v) is 21.1. The van der Waals surface area contributed by atoms with Crippen molar-refractivity contribution in [1.82, 2.24) is 14.5 Å². The third-order valence-electron chi connectivity index (χ3n) is 6.47. The van der Waals surface area contributed by atoms with E-state index in [4.69, 9.17) is 9.72 Å². The maximum Gasteiger partial charge on any atom is 0.265 e. The molecule has 0 saturated carbocycles. The smallest absolute Gasteiger partial charge is 0.265 e. The van der Waals surface area contributed by atoms with Crippen LogP contribution in [0.5, 0.6) is 5.75 Å². The van der Waals surface area contributed by atoms with Gasteiger partial charge in [-0.3, -0.25) is 23.9 Å². The Bertz CT molecular complexity index is 1320. The number of ether oxygens (including phenoxy) is 1. The van der Waals surface area contributed by atoms with Gasteiger partial charge >= 0.3 is 0 Å². The number of likely N-dealkylation sites (N-methyl/N-ethyl adjacent to an activating group) is 1. The van der Waals surface area contributed by atoms with Gasteiger partial charge in [0.25, 0.3) is 11.5 Å². The van der Waals surface area contributed by atoms with E-state index < -0.39 is 0 Å². The normalized spacial score (nSPS) is 13.5. The minimum absolute atomic E-state index is 0.0106. The minimum atomic E-state index is -0.217. The van der Waals surface area contributed by atoms with Crippen molar-refractivity contribution in [2.75, 3.05) is 31.1 Å². The van der Waals surface area contributed by atoms with Crippen molar-refractivity contribution in [1.29, 1.82) is 0 Å². The van der Waals surface area contributed by atoms with Crippen LogP contribution in [0.1, 0.15) is 47.4 Å². The number of carbonyl (C=O) groups is 2. The summed E-state index contributed by atoms with van der Waals surface area (Å²) in [6, 6.07) is 5.08. The summed E-state index contributed by atoms with van der Waals surface area (Å²) in [4.78, 5) is 49.6. The lowest BCUT2D eigenvalue weighted by atomic mass is 10.1. The second-order valence-corrected chi connectivity index (χ2v) is 9.58. The molecule has 2 aromatic heterocycles. The Labute approximate surface area is 202 Å². The molecule has 0 aliphatic carbocycles. The Balaban J connectivity index is 1.76. The van der Waals surface area contributed by atoms with Gasteiger partial charge in [0.15, 0.2) is 12.4 Å². The predicted molar refractivity (Wildman–Crippen MR) is 134 cm³/mol. The molecule has 34 heavy (non-hydrogen) atoms. The number of Topliss-reactive ketones (excluding diaryl/α,β-unsaturated/α-hetero) is 1. The van der Waals surface area contributed by atoms with E-state index in [0.29, 0.717) is 46.1 Å². The lowest BCUT2D eigenvalue weighted by Gasteiger charge is -2.28. The van der Waals surface area contributed by atoms with Crippen LogP contribution in [0.25, 0.3) is 10.2 Å². The SMILES string of the molecule is CCN(CC)Cc1nc2sc(C)c(C)c2c(=O)n1CC(=O)c1ccc2c(c1)N(CC)C(=O)CO2. The number of hydrogen-bond acceptors (Lipinski definition) is 7. The Morgan fingerprint density at radius 1 is 1.18 bits per heavy atom. The first-order chi connectivity index (χ1) is 16.3. The molecule has 0 saturated heterocycles. The second kappa shape index (κ2) is 9.68. The van der Waals surface area contributed by atoms with Crippen molar-refractivity contribution in [3.8, 4) is 5.75 Å². The second-order valence-electron chi connectivity index (χ2n) is 8.38. The summed E-state index contributed by atoms with van der Waals surface area (Å²) in [6.07, 6.45) is 0. The Kier molecular flexibility index (Phi) is 6.86. The van der Waals surface area contributed by atoms with Gasteiger partial charge in [-0.05, 0) is 57.6 Å². The van der Waals surface area contributed by atoms with Crippen molar-refractivity contribution in [2.45, 2.75) is 47.7 Å². The van der Waals surface area contributed by atoms with Crippen molar-refractivity contribution in [3.63, 3.8) is 0 Å². The van der Waals surface area contributed by atoms with E-state index in [1.165, 1.54) is 15.9 Å². The first-order valence-electron chi connectivity index (χ1n) is 11.6. The molecule has 1 amide bonds. The molecule has 0 N–H and O–H groups in total. The molecule has 0 atom stereocenters. The fourth-order valence-electron chi connectivity index (χ4n) is 4.26. The lowest BCUT2D eigenvalue weighted by Crippen LogP contribution is -2.38. The van der Waals surface area contributed by atoms with Gasteiger partial charge in [0, 0.05) is 17.0 Å². The van der Waals surface area contributed by atoms with Crippen LogP contribution >= 0.6 is 11.3 Å². The van der Waals surface area contributed by atoms with Crippen LogP contribution in [0, 0.1) is 13.8 Å². The molecule has 3 aromatic rings. The molecule has 0 radical (unpaired) electrons. The number of nitrogens with zero attached hydrogens (tertiary/aromatic N) is 4. The fourth-order valence-corrected chi connectivity index (χ4v) is 5.30. The zero-order valence-electron chi connectivity index (χ0n) is 20.3. The average Bonchev–Trinajstić information content (AvgIpc) is 3.12. The number of carbonyl (C=O) groups excluding carboxylic acids is 2. The van der Waals surface area contributed by atoms with Crippen LogP contribution in [0.2, 0.25) is 0 Å². The summed E-state index contributed by atoms with van der Waals surface area (Å²) in [5, 5.41) is 0.584. The molecule has 1 aliphatic rings. The highest BCUT2D eigenvalue weighted by molar-refractivity contribution is 7.18. The highest BCUT2D eigenvalue weighted by Crippen LogP contribution is 2.33. The summed E-state index contributed by atoms with van der Waals surface area (Å²) in [7, 11) is 0.